The van der Waals surface area contributed by atoms with Crippen LogP contribution in [0.2, 0.25) is 0 Å². The van der Waals surface area contributed by atoms with E-state index < -0.39 is 35.7 Å². The number of carbonyl (C=O) groups is 3. The number of hydrogen-bond acceptors (Lipinski definition) is 5. The van der Waals surface area contributed by atoms with Gasteiger partial charge < -0.3 is 25.2 Å². The Balaban J connectivity index is 1.65. The van der Waals surface area contributed by atoms with Crippen LogP contribution in [0.4, 0.5) is 4.79 Å². The highest BCUT2D eigenvalue weighted by Crippen LogP contribution is 2.44. The molecule has 35 heavy (non-hydrogen) atoms. The molecule has 0 aliphatic heterocycles. The molecule has 8 nitrogen and oxygen atoms in total. The van der Waals surface area contributed by atoms with Crippen molar-refractivity contribution in [3.05, 3.63) is 59.7 Å². The van der Waals surface area contributed by atoms with Crippen molar-refractivity contribution in [2.45, 2.75) is 57.7 Å². The number of carboxylic acid groups (broad SMARTS) is 1. The monoisotopic (exact) mass is 482 g/mol. The Hall–Kier alpha value is -3.39. The van der Waals surface area contributed by atoms with Crippen LogP contribution in [0.5, 0.6) is 0 Å². The Labute approximate surface area is 206 Å². The molecule has 8 heteroatoms. The van der Waals surface area contributed by atoms with Crippen LogP contribution in [0.1, 0.15) is 51.2 Å². The van der Waals surface area contributed by atoms with E-state index in [1.165, 1.54) is 7.11 Å². The maximum atomic E-state index is 12.9. The Bertz CT molecular complexity index is 1040. The van der Waals surface area contributed by atoms with Gasteiger partial charge in [-0.25, -0.2) is 9.59 Å². The van der Waals surface area contributed by atoms with Crippen LogP contribution in [-0.2, 0) is 19.1 Å². The Kier molecular flexibility index (Phi) is 8.17. The Morgan fingerprint density at radius 3 is 2.00 bits per heavy atom. The minimum Gasteiger partial charge on any atom is -0.480 e. The Morgan fingerprint density at radius 1 is 0.971 bits per heavy atom. The first-order valence-corrected chi connectivity index (χ1v) is 11.7. The highest BCUT2D eigenvalue weighted by Gasteiger charge is 2.34. The molecule has 0 saturated heterocycles. The summed E-state index contributed by atoms with van der Waals surface area (Å²) in [6.07, 6.45) is -0.662. The van der Waals surface area contributed by atoms with Gasteiger partial charge in [0.05, 0.1) is 5.60 Å². The first kappa shape index (κ1) is 26.2. The quantitative estimate of drug-likeness (QED) is 0.473. The molecule has 2 aromatic carbocycles. The van der Waals surface area contributed by atoms with E-state index in [-0.39, 0.29) is 24.9 Å². The maximum absolute atomic E-state index is 12.9. The zero-order valence-electron chi connectivity index (χ0n) is 20.8. The molecule has 0 spiro atoms. The average Bonchev–Trinajstić information content (AvgIpc) is 3.14. The molecular weight excluding hydrogens is 448 g/mol. The van der Waals surface area contributed by atoms with Crippen LogP contribution in [0.3, 0.4) is 0 Å². The van der Waals surface area contributed by atoms with Crippen LogP contribution in [0, 0.1) is 5.92 Å². The van der Waals surface area contributed by atoms with Gasteiger partial charge in [0.25, 0.3) is 0 Å². The number of benzene rings is 2. The zero-order chi connectivity index (χ0) is 25.8. The van der Waals surface area contributed by atoms with Gasteiger partial charge in [-0.05, 0) is 42.0 Å². The van der Waals surface area contributed by atoms with Crippen LogP contribution in [-0.4, -0.2) is 54.5 Å². The van der Waals surface area contributed by atoms with E-state index in [9.17, 15) is 19.5 Å². The number of carbonyl (C=O) groups excluding carboxylic acids is 2. The maximum Gasteiger partial charge on any atom is 0.407 e. The molecule has 0 saturated carbocycles. The number of methoxy groups -OCH3 is 1. The Morgan fingerprint density at radius 2 is 1.51 bits per heavy atom. The molecule has 0 heterocycles. The van der Waals surface area contributed by atoms with Gasteiger partial charge in [-0.1, -0.05) is 62.4 Å². The van der Waals surface area contributed by atoms with Crippen molar-refractivity contribution in [3.63, 3.8) is 0 Å². The number of rotatable bonds is 10. The summed E-state index contributed by atoms with van der Waals surface area (Å²) in [5, 5.41) is 14.7. The summed E-state index contributed by atoms with van der Waals surface area (Å²) < 4.78 is 10.9. The molecule has 1 aliphatic carbocycles. The molecular formula is C27H34N2O6. The van der Waals surface area contributed by atoms with Crippen LogP contribution >= 0.6 is 0 Å². The highest BCUT2D eigenvalue weighted by atomic mass is 16.5. The van der Waals surface area contributed by atoms with Crippen molar-refractivity contribution in [1.82, 2.24) is 10.6 Å². The number of carboxylic acids is 1. The van der Waals surface area contributed by atoms with Crippen molar-refractivity contribution in [2.24, 2.45) is 5.92 Å². The molecule has 2 unspecified atom stereocenters. The van der Waals surface area contributed by atoms with Crippen LogP contribution in [0.25, 0.3) is 11.1 Å². The van der Waals surface area contributed by atoms with Crippen LogP contribution < -0.4 is 10.6 Å². The number of fused-ring (bicyclic) bond motifs is 3. The number of hydrogen-bond donors (Lipinski definition) is 3. The summed E-state index contributed by atoms with van der Waals surface area (Å²) in [5.74, 6) is -2.16. The van der Waals surface area contributed by atoms with Gasteiger partial charge in [0.2, 0.25) is 5.91 Å². The molecule has 2 amide bonds. The lowest BCUT2D eigenvalue weighted by atomic mass is 9.97. The van der Waals surface area contributed by atoms with Gasteiger partial charge in [0.15, 0.2) is 0 Å². The number of ether oxygens (including phenoxy) is 2. The molecule has 0 aromatic heterocycles. The second kappa shape index (κ2) is 10.9. The van der Waals surface area contributed by atoms with E-state index in [1.807, 2.05) is 36.4 Å². The summed E-state index contributed by atoms with van der Waals surface area (Å²) in [6, 6.07) is 13.9. The zero-order valence-corrected chi connectivity index (χ0v) is 20.8. The third-order valence-corrected chi connectivity index (χ3v) is 6.43. The minimum absolute atomic E-state index is 0.0698. The van der Waals surface area contributed by atoms with Gasteiger partial charge in [0, 0.05) is 19.4 Å². The van der Waals surface area contributed by atoms with E-state index in [1.54, 1.807) is 27.7 Å². The largest absolute Gasteiger partial charge is 0.480 e. The normalized spacial score (nSPS) is 14.6. The van der Waals surface area contributed by atoms with Crippen LogP contribution in [0.15, 0.2) is 48.5 Å². The molecule has 0 radical (unpaired) electrons. The molecule has 188 valence electrons. The average molecular weight is 483 g/mol. The lowest BCUT2D eigenvalue weighted by molar-refractivity contribution is -0.144. The molecule has 3 N–H and O–H groups in total. The fourth-order valence-electron chi connectivity index (χ4n) is 4.34. The minimum atomic E-state index is -1.17. The topological polar surface area (TPSA) is 114 Å². The van der Waals surface area contributed by atoms with E-state index in [0.29, 0.717) is 0 Å². The second-order valence-electron chi connectivity index (χ2n) is 9.76. The second-order valence-corrected chi connectivity index (χ2v) is 9.76. The van der Waals surface area contributed by atoms with Gasteiger partial charge in [-0.3, -0.25) is 4.79 Å². The van der Waals surface area contributed by atoms with Crippen molar-refractivity contribution < 1.29 is 29.0 Å². The third kappa shape index (κ3) is 6.19. The summed E-state index contributed by atoms with van der Waals surface area (Å²) in [4.78, 5) is 37.3. The van der Waals surface area contributed by atoms with Gasteiger partial charge >= 0.3 is 12.1 Å². The van der Waals surface area contributed by atoms with Crippen molar-refractivity contribution in [1.29, 1.82) is 0 Å². The molecule has 0 bridgehead atoms. The number of alkyl carbamates (subject to hydrolysis) is 1. The first-order valence-electron chi connectivity index (χ1n) is 11.7. The van der Waals surface area contributed by atoms with Crippen molar-refractivity contribution in [3.8, 4) is 11.1 Å². The summed E-state index contributed by atoms with van der Waals surface area (Å²) in [7, 11) is 1.48. The van der Waals surface area contributed by atoms with E-state index >= 15 is 0 Å². The predicted octanol–water partition coefficient (Wildman–Crippen LogP) is 3.93. The number of aliphatic carboxylic acids is 1. The first-order chi connectivity index (χ1) is 16.5. The van der Waals surface area contributed by atoms with Crippen molar-refractivity contribution in [2.75, 3.05) is 13.7 Å². The molecule has 2 aromatic rings. The van der Waals surface area contributed by atoms with Gasteiger partial charge in [0.1, 0.15) is 18.7 Å². The lowest BCUT2D eigenvalue weighted by Crippen LogP contribution is -2.55. The fraction of sp³-hybridized carbons (Fsp3) is 0.444. The predicted molar refractivity (Wildman–Crippen MR) is 132 cm³/mol. The molecule has 3 rings (SSSR count). The smallest absolute Gasteiger partial charge is 0.407 e. The number of amides is 2. The molecule has 1 aliphatic rings. The third-order valence-electron chi connectivity index (χ3n) is 6.43. The molecule has 0 fully saturated rings. The number of nitrogens with one attached hydrogen (secondary N) is 2. The SMILES string of the molecule is COC(C)(C)CC(NC(=O)C(NC(=O)OCC1c2ccccc2-c2ccccc21)C(C)C)C(=O)O. The highest BCUT2D eigenvalue weighted by molar-refractivity contribution is 5.89. The van der Waals surface area contributed by atoms with Gasteiger partial charge in [-0.15, -0.1) is 0 Å². The summed E-state index contributed by atoms with van der Waals surface area (Å²) >= 11 is 0. The summed E-state index contributed by atoms with van der Waals surface area (Å²) in [5.41, 5.74) is 3.67. The summed E-state index contributed by atoms with van der Waals surface area (Å²) in [6.45, 7) is 7.13. The lowest BCUT2D eigenvalue weighted by Gasteiger charge is -2.29. The van der Waals surface area contributed by atoms with Crippen molar-refractivity contribution >= 4 is 18.0 Å². The van der Waals surface area contributed by atoms with E-state index in [0.717, 1.165) is 22.3 Å². The van der Waals surface area contributed by atoms with Gasteiger partial charge in [-0.2, -0.15) is 0 Å². The van der Waals surface area contributed by atoms with E-state index in [4.69, 9.17) is 9.47 Å². The standard InChI is InChI=1S/C27H34N2O6/c1-16(2)23(24(30)28-22(25(31)32)14-27(3,4)34-5)29-26(33)35-15-21-19-12-8-6-10-17(19)18-11-7-9-13-20(18)21/h6-13,16,21-23H,14-15H2,1-5H3,(H,28,30)(H,29,33)(H,31,32). The fourth-order valence-corrected chi connectivity index (χ4v) is 4.34. The molecule has 2 atom stereocenters. The van der Waals surface area contributed by atoms with E-state index in [2.05, 4.69) is 22.8 Å².